The lowest BCUT2D eigenvalue weighted by atomic mass is 9.87. The third kappa shape index (κ3) is 2.80. The Kier molecular flexibility index (Phi) is 3.78. The van der Waals surface area contributed by atoms with E-state index in [4.69, 9.17) is 9.72 Å². The molecule has 0 atom stereocenters. The van der Waals surface area contributed by atoms with Crippen LogP contribution in [0.4, 0.5) is 0 Å². The van der Waals surface area contributed by atoms with Crippen LogP contribution in [0.3, 0.4) is 0 Å². The zero-order chi connectivity index (χ0) is 17.6. The molecule has 134 valence electrons. The Hall–Kier alpha value is -2.27. The first-order valence-corrected chi connectivity index (χ1v) is 9.55. The van der Waals surface area contributed by atoms with Crippen molar-refractivity contribution >= 4 is 5.91 Å². The minimum absolute atomic E-state index is 0.221. The molecule has 26 heavy (non-hydrogen) atoms. The topological polar surface area (TPSA) is 55.3 Å². The number of aryl methyl sites for hydroxylation is 1. The molecular formula is C21H23N3O2. The summed E-state index contributed by atoms with van der Waals surface area (Å²) in [6.07, 6.45) is 6.78. The van der Waals surface area contributed by atoms with E-state index in [1.165, 1.54) is 18.4 Å². The Morgan fingerprint density at radius 2 is 2.04 bits per heavy atom. The van der Waals surface area contributed by atoms with Gasteiger partial charge in [0.25, 0.3) is 0 Å². The van der Waals surface area contributed by atoms with Crippen molar-refractivity contribution < 1.29 is 9.53 Å². The van der Waals surface area contributed by atoms with Crippen LogP contribution in [0.1, 0.15) is 54.2 Å². The number of hydrogen-bond acceptors (Lipinski definition) is 4. The molecule has 1 aromatic heterocycles. The van der Waals surface area contributed by atoms with E-state index >= 15 is 0 Å². The van der Waals surface area contributed by atoms with Crippen molar-refractivity contribution in [3.8, 4) is 0 Å². The van der Waals surface area contributed by atoms with Crippen molar-refractivity contribution in [1.82, 2.24) is 14.9 Å². The molecule has 1 spiro atoms. The van der Waals surface area contributed by atoms with Crippen molar-refractivity contribution in [3.05, 3.63) is 59.2 Å². The highest BCUT2D eigenvalue weighted by molar-refractivity contribution is 5.77. The average Bonchev–Trinajstić information content (AvgIpc) is 3.41. The van der Waals surface area contributed by atoms with Crippen LogP contribution in [0.5, 0.6) is 0 Å². The number of nitrogens with zero attached hydrogens (tertiary/aromatic N) is 3. The Morgan fingerprint density at radius 3 is 2.81 bits per heavy atom. The van der Waals surface area contributed by atoms with Crippen molar-refractivity contribution in [2.75, 3.05) is 13.1 Å². The van der Waals surface area contributed by atoms with E-state index in [1.807, 2.05) is 29.3 Å². The fourth-order valence-electron chi connectivity index (χ4n) is 4.00. The standard InChI is InChI=1S/C21H23N3O2/c25-19(8-4-7-15-5-2-1-3-6-15)24-13-21(14-24)17-11-22-20(16-9-10-16)23-18(17)12-26-21/h1-3,5-6,11,16H,4,7-10,12-14H2. The Balaban J connectivity index is 1.17. The van der Waals surface area contributed by atoms with Crippen LogP contribution in [-0.4, -0.2) is 33.9 Å². The van der Waals surface area contributed by atoms with Gasteiger partial charge >= 0.3 is 0 Å². The Labute approximate surface area is 153 Å². The number of aromatic nitrogens is 2. The van der Waals surface area contributed by atoms with Gasteiger partial charge in [-0.2, -0.15) is 0 Å². The number of amides is 1. The van der Waals surface area contributed by atoms with Crippen LogP contribution < -0.4 is 0 Å². The fourth-order valence-corrected chi connectivity index (χ4v) is 4.00. The molecule has 1 saturated heterocycles. The van der Waals surface area contributed by atoms with Gasteiger partial charge in [-0.05, 0) is 31.2 Å². The molecule has 5 rings (SSSR count). The monoisotopic (exact) mass is 349 g/mol. The Bertz CT molecular complexity index is 826. The highest BCUT2D eigenvalue weighted by Crippen LogP contribution is 2.44. The second-order valence-electron chi connectivity index (χ2n) is 7.73. The van der Waals surface area contributed by atoms with E-state index in [9.17, 15) is 4.79 Å². The van der Waals surface area contributed by atoms with Gasteiger partial charge in [-0.3, -0.25) is 4.79 Å². The van der Waals surface area contributed by atoms with Gasteiger partial charge in [-0.1, -0.05) is 30.3 Å². The number of carbonyl (C=O) groups is 1. The molecule has 1 aliphatic carbocycles. The van der Waals surface area contributed by atoms with Gasteiger partial charge in [0.1, 0.15) is 11.4 Å². The molecule has 0 N–H and O–H groups in total. The second kappa shape index (κ2) is 6.16. The highest BCUT2D eigenvalue weighted by Gasteiger charge is 2.52. The summed E-state index contributed by atoms with van der Waals surface area (Å²) in [4.78, 5) is 23.6. The van der Waals surface area contributed by atoms with Crippen LogP contribution in [0.15, 0.2) is 36.5 Å². The number of fused-ring (bicyclic) bond motifs is 2. The average molecular weight is 349 g/mol. The predicted octanol–water partition coefficient (Wildman–Crippen LogP) is 2.94. The van der Waals surface area contributed by atoms with Crippen molar-refractivity contribution in [2.45, 2.75) is 50.2 Å². The highest BCUT2D eigenvalue weighted by atomic mass is 16.5. The molecule has 5 nitrogen and oxygen atoms in total. The second-order valence-corrected chi connectivity index (χ2v) is 7.73. The third-order valence-electron chi connectivity index (χ3n) is 5.75. The maximum absolute atomic E-state index is 12.5. The minimum Gasteiger partial charge on any atom is -0.360 e. The first-order chi connectivity index (χ1) is 12.7. The van der Waals surface area contributed by atoms with Gasteiger partial charge in [0, 0.05) is 24.1 Å². The van der Waals surface area contributed by atoms with E-state index in [0.717, 1.165) is 29.9 Å². The van der Waals surface area contributed by atoms with E-state index in [-0.39, 0.29) is 11.5 Å². The normalized spacial score (nSPS) is 20.1. The molecule has 3 aliphatic rings. The maximum atomic E-state index is 12.5. The first kappa shape index (κ1) is 15.9. The summed E-state index contributed by atoms with van der Waals surface area (Å²) in [5, 5.41) is 0. The third-order valence-corrected chi connectivity index (χ3v) is 5.75. The molecule has 3 heterocycles. The summed E-state index contributed by atoms with van der Waals surface area (Å²) >= 11 is 0. The minimum atomic E-state index is -0.355. The van der Waals surface area contributed by atoms with Crippen molar-refractivity contribution in [2.24, 2.45) is 0 Å². The molecule has 2 aliphatic heterocycles. The van der Waals surface area contributed by atoms with Crippen LogP contribution in [0.25, 0.3) is 0 Å². The van der Waals surface area contributed by atoms with Crippen LogP contribution >= 0.6 is 0 Å². The van der Waals surface area contributed by atoms with Gasteiger partial charge in [0.05, 0.1) is 25.4 Å². The lowest BCUT2D eigenvalue weighted by Crippen LogP contribution is -2.61. The SMILES string of the molecule is O=C(CCCc1ccccc1)N1CC2(C1)OCc1nc(C3CC3)ncc12. The number of ether oxygens (including phenoxy) is 1. The van der Waals surface area contributed by atoms with Crippen molar-refractivity contribution in [1.29, 1.82) is 0 Å². The molecule has 1 saturated carbocycles. The van der Waals surface area contributed by atoms with E-state index in [0.29, 0.717) is 32.0 Å². The zero-order valence-corrected chi connectivity index (χ0v) is 14.9. The van der Waals surface area contributed by atoms with Crippen LogP contribution in [-0.2, 0) is 28.2 Å². The zero-order valence-electron chi connectivity index (χ0n) is 14.9. The number of benzene rings is 1. The van der Waals surface area contributed by atoms with E-state index in [2.05, 4.69) is 17.1 Å². The summed E-state index contributed by atoms with van der Waals surface area (Å²) in [6, 6.07) is 10.3. The summed E-state index contributed by atoms with van der Waals surface area (Å²) in [7, 11) is 0. The van der Waals surface area contributed by atoms with Crippen LogP contribution in [0, 0.1) is 0 Å². The molecule has 5 heteroatoms. The van der Waals surface area contributed by atoms with Crippen molar-refractivity contribution in [3.63, 3.8) is 0 Å². The first-order valence-electron chi connectivity index (χ1n) is 9.55. The molecule has 2 aromatic rings. The fraction of sp³-hybridized carbons (Fsp3) is 0.476. The van der Waals surface area contributed by atoms with Gasteiger partial charge in [0.2, 0.25) is 5.91 Å². The molecular weight excluding hydrogens is 326 g/mol. The predicted molar refractivity (Wildman–Crippen MR) is 96.4 cm³/mol. The van der Waals surface area contributed by atoms with Gasteiger partial charge in [-0.25, -0.2) is 9.97 Å². The lowest BCUT2D eigenvalue weighted by molar-refractivity contribution is -0.168. The molecule has 0 unspecified atom stereocenters. The molecule has 0 bridgehead atoms. The Morgan fingerprint density at radius 1 is 1.23 bits per heavy atom. The molecule has 2 fully saturated rings. The number of carbonyl (C=O) groups excluding carboxylic acids is 1. The number of hydrogen-bond donors (Lipinski definition) is 0. The van der Waals surface area contributed by atoms with Gasteiger partial charge in [0.15, 0.2) is 0 Å². The maximum Gasteiger partial charge on any atom is 0.222 e. The number of rotatable bonds is 5. The lowest BCUT2D eigenvalue weighted by Gasteiger charge is -2.47. The molecule has 1 amide bonds. The number of likely N-dealkylation sites (tertiary alicyclic amines) is 1. The van der Waals surface area contributed by atoms with E-state index < -0.39 is 0 Å². The summed E-state index contributed by atoms with van der Waals surface area (Å²) in [5.41, 5.74) is 3.05. The molecule has 0 radical (unpaired) electrons. The van der Waals surface area contributed by atoms with Gasteiger partial charge in [-0.15, -0.1) is 0 Å². The van der Waals surface area contributed by atoms with Crippen LogP contribution in [0.2, 0.25) is 0 Å². The van der Waals surface area contributed by atoms with Gasteiger partial charge < -0.3 is 9.64 Å². The quantitative estimate of drug-likeness (QED) is 0.833. The summed E-state index contributed by atoms with van der Waals surface area (Å²) < 4.78 is 6.06. The largest absolute Gasteiger partial charge is 0.360 e. The van der Waals surface area contributed by atoms with E-state index in [1.54, 1.807) is 0 Å². The smallest absolute Gasteiger partial charge is 0.222 e. The molecule has 1 aromatic carbocycles. The summed E-state index contributed by atoms with van der Waals surface area (Å²) in [5.74, 6) is 1.75. The summed E-state index contributed by atoms with van der Waals surface area (Å²) in [6.45, 7) is 1.82.